The van der Waals surface area contributed by atoms with Crippen molar-refractivity contribution in [3.05, 3.63) is 64.7 Å². The molecule has 1 fully saturated rings. The molecule has 1 N–H and O–H groups in total. The molecule has 166 valence electrons. The number of carbonyl (C=O) groups is 2. The third-order valence-electron chi connectivity index (χ3n) is 5.63. The molecule has 1 aliphatic rings. The quantitative estimate of drug-likeness (QED) is 0.574. The second kappa shape index (κ2) is 9.48. The Bertz CT molecular complexity index is 1120. The number of anilines is 2. The molecule has 0 aliphatic carbocycles. The van der Waals surface area contributed by atoms with E-state index >= 15 is 0 Å². The van der Waals surface area contributed by atoms with E-state index in [-0.39, 0.29) is 17.7 Å². The van der Waals surface area contributed by atoms with Crippen molar-refractivity contribution in [2.45, 2.75) is 45.6 Å². The number of nitrogens with zero attached hydrogens (tertiary/aromatic N) is 3. The normalized spacial score (nSPS) is 16.8. The topological polar surface area (TPSA) is 84.4 Å². The van der Waals surface area contributed by atoms with Crippen LogP contribution in [0.25, 0.3) is 0 Å². The van der Waals surface area contributed by atoms with Crippen molar-refractivity contribution < 1.29 is 14.3 Å². The minimum Gasteiger partial charge on any atom is -0.481 e. The van der Waals surface area contributed by atoms with Gasteiger partial charge >= 0.3 is 0 Å². The molecule has 1 aliphatic heterocycles. The maximum Gasteiger partial charge on any atom is 0.267 e. The largest absolute Gasteiger partial charge is 0.481 e. The summed E-state index contributed by atoms with van der Waals surface area (Å²) in [5.41, 5.74) is 3.26. The van der Waals surface area contributed by atoms with Crippen molar-refractivity contribution >= 4 is 34.0 Å². The molecule has 0 bridgehead atoms. The van der Waals surface area contributed by atoms with Crippen LogP contribution in [-0.2, 0) is 9.59 Å². The van der Waals surface area contributed by atoms with Gasteiger partial charge in [0.2, 0.25) is 11.0 Å². The molecule has 2 unspecified atom stereocenters. The first-order valence-corrected chi connectivity index (χ1v) is 11.5. The average molecular weight is 451 g/mol. The van der Waals surface area contributed by atoms with Gasteiger partial charge in [-0.25, -0.2) is 0 Å². The van der Waals surface area contributed by atoms with Crippen LogP contribution in [0.3, 0.4) is 0 Å². The Labute approximate surface area is 191 Å². The van der Waals surface area contributed by atoms with E-state index in [9.17, 15) is 9.59 Å². The molecule has 2 heterocycles. The molecule has 2 atom stereocenters. The molecule has 2 amide bonds. The highest BCUT2D eigenvalue weighted by atomic mass is 32.1. The summed E-state index contributed by atoms with van der Waals surface area (Å²) in [4.78, 5) is 27.1. The van der Waals surface area contributed by atoms with Gasteiger partial charge in [-0.1, -0.05) is 42.5 Å². The smallest absolute Gasteiger partial charge is 0.267 e. The van der Waals surface area contributed by atoms with Gasteiger partial charge in [0.05, 0.1) is 0 Å². The summed E-state index contributed by atoms with van der Waals surface area (Å²) in [7, 11) is 0. The van der Waals surface area contributed by atoms with Crippen molar-refractivity contribution in [2.75, 3.05) is 16.8 Å². The molecule has 8 heteroatoms. The predicted octanol–water partition coefficient (Wildman–Crippen LogP) is 4.47. The van der Waals surface area contributed by atoms with Gasteiger partial charge in [0.25, 0.3) is 5.91 Å². The first-order valence-electron chi connectivity index (χ1n) is 10.7. The van der Waals surface area contributed by atoms with Crippen LogP contribution in [0.5, 0.6) is 5.75 Å². The van der Waals surface area contributed by atoms with Gasteiger partial charge in [0.15, 0.2) is 6.10 Å². The van der Waals surface area contributed by atoms with Crippen LogP contribution in [0.2, 0.25) is 0 Å². The maximum atomic E-state index is 12.7. The number of aromatic nitrogens is 2. The standard InChI is InChI=1S/C24H26N4O3S/c1-4-20(31-19-8-6-5-7-9-19)22(30)25-24-27-26-23(32-24)17-13-21(29)28(14-17)18-11-10-15(2)16(3)12-18/h5-12,17,20H,4,13-14H2,1-3H3,(H,25,27,30). The van der Waals surface area contributed by atoms with E-state index in [0.29, 0.717) is 30.3 Å². The Hall–Kier alpha value is -3.26. The van der Waals surface area contributed by atoms with Gasteiger partial charge in [0.1, 0.15) is 10.8 Å². The Morgan fingerprint density at radius 1 is 1.19 bits per heavy atom. The molecular formula is C24H26N4O3S. The van der Waals surface area contributed by atoms with Gasteiger partial charge in [0, 0.05) is 24.6 Å². The Morgan fingerprint density at radius 3 is 2.69 bits per heavy atom. The third kappa shape index (κ3) is 4.80. The number of ether oxygens (including phenoxy) is 1. The number of carbonyl (C=O) groups excluding carboxylic acids is 2. The van der Waals surface area contributed by atoms with Crippen molar-refractivity contribution in [1.29, 1.82) is 0 Å². The highest BCUT2D eigenvalue weighted by molar-refractivity contribution is 7.15. The number of para-hydroxylation sites is 1. The van der Waals surface area contributed by atoms with Gasteiger partial charge in [-0.3, -0.25) is 14.9 Å². The maximum absolute atomic E-state index is 12.7. The van der Waals surface area contributed by atoms with Crippen LogP contribution in [-0.4, -0.2) is 34.7 Å². The predicted molar refractivity (Wildman–Crippen MR) is 125 cm³/mol. The van der Waals surface area contributed by atoms with Crippen molar-refractivity contribution in [3.8, 4) is 5.75 Å². The van der Waals surface area contributed by atoms with Crippen LogP contribution in [0, 0.1) is 13.8 Å². The number of amides is 2. The number of hydrogen-bond donors (Lipinski definition) is 1. The lowest BCUT2D eigenvalue weighted by molar-refractivity contribution is -0.122. The molecule has 4 rings (SSSR count). The lowest BCUT2D eigenvalue weighted by atomic mass is 10.1. The van der Waals surface area contributed by atoms with Gasteiger partial charge in [-0.2, -0.15) is 0 Å². The summed E-state index contributed by atoms with van der Waals surface area (Å²) in [6.07, 6.45) is 0.275. The molecule has 7 nitrogen and oxygen atoms in total. The second-order valence-electron chi connectivity index (χ2n) is 7.94. The Morgan fingerprint density at radius 2 is 1.97 bits per heavy atom. The Kier molecular flexibility index (Phi) is 6.50. The van der Waals surface area contributed by atoms with Crippen molar-refractivity contribution in [3.63, 3.8) is 0 Å². The molecule has 2 aromatic carbocycles. The minimum atomic E-state index is -0.627. The fourth-order valence-electron chi connectivity index (χ4n) is 3.64. The van der Waals surface area contributed by atoms with Crippen molar-refractivity contribution in [2.24, 2.45) is 0 Å². The number of benzene rings is 2. The van der Waals surface area contributed by atoms with Gasteiger partial charge in [-0.15, -0.1) is 10.2 Å². The van der Waals surface area contributed by atoms with Crippen molar-refractivity contribution in [1.82, 2.24) is 10.2 Å². The van der Waals surface area contributed by atoms with E-state index in [1.165, 1.54) is 16.9 Å². The monoisotopic (exact) mass is 450 g/mol. The summed E-state index contributed by atoms with van der Waals surface area (Å²) in [6.45, 7) is 6.54. The summed E-state index contributed by atoms with van der Waals surface area (Å²) in [6, 6.07) is 15.3. The number of aryl methyl sites for hydroxylation is 2. The van der Waals surface area contributed by atoms with E-state index < -0.39 is 6.10 Å². The lowest BCUT2D eigenvalue weighted by Gasteiger charge is -2.17. The number of rotatable bonds is 7. The Balaban J connectivity index is 1.40. The molecule has 32 heavy (non-hydrogen) atoms. The molecule has 0 spiro atoms. The van der Waals surface area contributed by atoms with E-state index in [4.69, 9.17) is 4.74 Å². The summed E-state index contributed by atoms with van der Waals surface area (Å²) in [5, 5.41) is 12.3. The van der Waals surface area contributed by atoms with E-state index in [1.807, 2.05) is 62.4 Å². The minimum absolute atomic E-state index is 0.0465. The van der Waals surface area contributed by atoms with Crippen LogP contribution >= 0.6 is 11.3 Å². The SMILES string of the molecule is CCC(Oc1ccccc1)C(=O)Nc1nnc(C2CC(=O)N(c3ccc(C)c(C)c3)C2)s1. The number of nitrogens with one attached hydrogen (secondary N) is 1. The van der Waals surface area contributed by atoms with Gasteiger partial charge < -0.3 is 9.64 Å². The first-order chi connectivity index (χ1) is 15.4. The zero-order valence-corrected chi connectivity index (χ0v) is 19.2. The van der Waals surface area contributed by atoms with Crippen LogP contribution in [0.4, 0.5) is 10.8 Å². The number of hydrogen-bond acceptors (Lipinski definition) is 6. The lowest BCUT2D eigenvalue weighted by Crippen LogP contribution is -2.32. The van der Waals surface area contributed by atoms with Crippen LogP contribution in [0.15, 0.2) is 48.5 Å². The molecular weight excluding hydrogens is 424 g/mol. The van der Waals surface area contributed by atoms with E-state index in [0.717, 1.165) is 16.3 Å². The van der Waals surface area contributed by atoms with E-state index in [1.54, 1.807) is 4.90 Å². The highest BCUT2D eigenvalue weighted by Gasteiger charge is 2.34. The average Bonchev–Trinajstić information content (AvgIpc) is 3.41. The van der Waals surface area contributed by atoms with Gasteiger partial charge in [-0.05, 0) is 55.7 Å². The second-order valence-corrected chi connectivity index (χ2v) is 8.95. The summed E-state index contributed by atoms with van der Waals surface area (Å²) in [5.74, 6) is 0.401. The molecule has 1 saturated heterocycles. The van der Waals surface area contributed by atoms with Crippen LogP contribution in [0.1, 0.15) is 41.8 Å². The summed E-state index contributed by atoms with van der Waals surface area (Å²) >= 11 is 1.31. The molecule has 3 aromatic rings. The van der Waals surface area contributed by atoms with E-state index in [2.05, 4.69) is 22.4 Å². The zero-order chi connectivity index (χ0) is 22.7. The first kappa shape index (κ1) is 22.0. The fraction of sp³-hybridized carbons (Fsp3) is 0.333. The third-order valence-corrected chi connectivity index (χ3v) is 6.63. The molecule has 0 saturated carbocycles. The fourth-order valence-corrected chi connectivity index (χ4v) is 4.48. The zero-order valence-electron chi connectivity index (χ0n) is 18.4. The molecule has 1 aromatic heterocycles. The van der Waals surface area contributed by atoms with Crippen LogP contribution < -0.4 is 15.0 Å². The summed E-state index contributed by atoms with van der Waals surface area (Å²) < 4.78 is 5.79. The highest BCUT2D eigenvalue weighted by Crippen LogP contribution is 2.34. The molecule has 0 radical (unpaired) electrons.